The van der Waals surface area contributed by atoms with E-state index in [-0.39, 0.29) is 5.91 Å². The quantitative estimate of drug-likeness (QED) is 0.638. The highest BCUT2D eigenvalue weighted by Crippen LogP contribution is 2.34. The Hall–Kier alpha value is -1.98. The van der Waals surface area contributed by atoms with Gasteiger partial charge in [0.15, 0.2) is 5.13 Å². The Bertz CT molecular complexity index is 850. The second-order valence-corrected chi connectivity index (χ2v) is 7.82. The molecule has 0 saturated heterocycles. The van der Waals surface area contributed by atoms with Gasteiger partial charge in [0.1, 0.15) is 0 Å². The zero-order valence-electron chi connectivity index (χ0n) is 14.1. The van der Waals surface area contributed by atoms with Gasteiger partial charge in [0.05, 0.1) is 10.6 Å². The molecule has 0 spiro atoms. The molecule has 0 aliphatic heterocycles. The van der Waals surface area contributed by atoms with Crippen LogP contribution >= 0.6 is 22.7 Å². The lowest BCUT2D eigenvalue weighted by Crippen LogP contribution is -2.09. The number of aromatic nitrogens is 1. The lowest BCUT2D eigenvalue weighted by molar-refractivity contribution is 0.103. The van der Waals surface area contributed by atoms with E-state index >= 15 is 0 Å². The molecule has 0 fully saturated rings. The fraction of sp³-hybridized carbons (Fsp3) is 0.263. The van der Waals surface area contributed by atoms with Crippen LogP contribution < -0.4 is 5.32 Å². The Morgan fingerprint density at radius 3 is 2.75 bits per heavy atom. The van der Waals surface area contributed by atoms with E-state index in [1.165, 1.54) is 27.3 Å². The third-order valence-electron chi connectivity index (χ3n) is 3.78. The van der Waals surface area contributed by atoms with Crippen LogP contribution in [-0.2, 0) is 6.42 Å². The summed E-state index contributed by atoms with van der Waals surface area (Å²) in [6.45, 7) is 6.37. The summed E-state index contributed by atoms with van der Waals surface area (Å²) in [5.74, 6) is -0.0889. The third-order valence-corrected chi connectivity index (χ3v) is 5.68. The lowest BCUT2D eigenvalue weighted by Gasteiger charge is -2.06. The standard InChI is InChI=1S/C19H20N2OS2/c1-4-6-15-17(14-9-8-12(2)11-13(14)3)20-19(24-15)21-18(22)16-7-5-10-23-16/h5,7-11H,4,6H2,1-3H3,(H,20,21,22). The number of aryl methyl sites for hydroxylation is 3. The van der Waals surface area contributed by atoms with Gasteiger partial charge in [0, 0.05) is 10.4 Å². The molecule has 2 aromatic heterocycles. The Balaban J connectivity index is 1.94. The van der Waals surface area contributed by atoms with E-state index in [2.05, 4.69) is 44.3 Å². The maximum Gasteiger partial charge on any atom is 0.267 e. The van der Waals surface area contributed by atoms with Gasteiger partial charge in [-0.05, 0) is 37.3 Å². The molecule has 0 aliphatic carbocycles. The molecule has 0 radical (unpaired) electrons. The predicted molar refractivity (Wildman–Crippen MR) is 103 cm³/mol. The summed E-state index contributed by atoms with van der Waals surface area (Å²) in [5, 5.41) is 5.52. The van der Waals surface area contributed by atoms with E-state index in [1.807, 2.05) is 17.5 Å². The molecule has 1 amide bonds. The molecule has 1 N–H and O–H groups in total. The van der Waals surface area contributed by atoms with Crippen LogP contribution in [0.3, 0.4) is 0 Å². The van der Waals surface area contributed by atoms with Crippen LogP contribution in [0.2, 0.25) is 0 Å². The summed E-state index contributed by atoms with van der Waals surface area (Å²) in [7, 11) is 0. The Morgan fingerprint density at radius 1 is 1.25 bits per heavy atom. The minimum absolute atomic E-state index is 0.0889. The molecule has 124 valence electrons. The van der Waals surface area contributed by atoms with Gasteiger partial charge in [-0.15, -0.1) is 22.7 Å². The first kappa shape index (κ1) is 16.9. The van der Waals surface area contributed by atoms with Crippen molar-refractivity contribution in [1.82, 2.24) is 4.98 Å². The average molecular weight is 357 g/mol. The van der Waals surface area contributed by atoms with Crippen molar-refractivity contribution in [3.63, 3.8) is 0 Å². The van der Waals surface area contributed by atoms with E-state index in [4.69, 9.17) is 4.98 Å². The number of benzene rings is 1. The van der Waals surface area contributed by atoms with Crippen molar-refractivity contribution < 1.29 is 4.79 Å². The maximum absolute atomic E-state index is 12.3. The van der Waals surface area contributed by atoms with E-state index < -0.39 is 0 Å². The van der Waals surface area contributed by atoms with Gasteiger partial charge in [-0.25, -0.2) is 4.98 Å². The molecule has 0 unspecified atom stereocenters. The molecule has 2 heterocycles. The average Bonchev–Trinajstić information content (AvgIpc) is 3.18. The number of thiazole rings is 1. The van der Waals surface area contributed by atoms with Crippen LogP contribution in [0.5, 0.6) is 0 Å². The molecule has 0 atom stereocenters. The molecule has 24 heavy (non-hydrogen) atoms. The minimum atomic E-state index is -0.0889. The summed E-state index contributed by atoms with van der Waals surface area (Å²) in [5.41, 5.74) is 4.61. The highest BCUT2D eigenvalue weighted by atomic mass is 32.1. The number of hydrogen-bond donors (Lipinski definition) is 1. The van der Waals surface area contributed by atoms with Crippen molar-refractivity contribution in [3.05, 3.63) is 56.6 Å². The highest BCUT2D eigenvalue weighted by Gasteiger charge is 2.16. The SMILES string of the molecule is CCCc1sc(NC(=O)c2cccs2)nc1-c1ccc(C)cc1C. The Labute approximate surface area is 150 Å². The number of rotatable bonds is 5. The zero-order chi connectivity index (χ0) is 17.1. The van der Waals surface area contributed by atoms with Gasteiger partial charge in [-0.3, -0.25) is 10.1 Å². The second kappa shape index (κ2) is 7.28. The van der Waals surface area contributed by atoms with Gasteiger partial charge >= 0.3 is 0 Å². The smallest absolute Gasteiger partial charge is 0.267 e. The summed E-state index contributed by atoms with van der Waals surface area (Å²) >= 11 is 3.02. The molecule has 5 heteroatoms. The number of thiophene rings is 1. The maximum atomic E-state index is 12.3. The van der Waals surface area contributed by atoms with Gasteiger partial charge in [0.25, 0.3) is 5.91 Å². The van der Waals surface area contributed by atoms with Gasteiger partial charge in [0.2, 0.25) is 0 Å². The summed E-state index contributed by atoms with van der Waals surface area (Å²) < 4.78 is 0. The van der Waals surface area contributed by atoms with Crippen molar-refractivity contribution >= 4 is 33.7 Å². The van der Waals surface area contributed by atoms with Crippen molar-refractivity contribution in [2.24, 2.45) is 0 Å². The van der Waals surface area contributed by atoms with E-state index in [1.54, 1.807) is 11.3 Å². The Morgan fingerprint density at radius 2 is 2.08 bits per heavy atom. The monoisotopic (exact) mass is 356 g/mol. The van der Waals surface area contributed by atoms with Crippen LogP contribution in [0.4, 0.5) is 5.13 Å². The molecule has 3 nitrogen and oxygen atoms in total. The fourth-order valence-electron chi connectivity index (χ4n) is 2.66. The van der Waals surface area contributed by atoms with Crippen molar-refractivity contribution in [2.75, 3.05) is 5.32 Å². The number of carbonyl (C=O) groups excluding carboxylic acids is 1. The number of amides is 1. The van der Waals surface area contributed by atoms with Gasteiger partial charge in [-0.1, -0.05) is 43.2 Å². The first-order chi connectivity index (χ1) is 11.6. The molecule has 1 aromatic carbocycles. The molecule has 0 bridgehead atoms. The topological polar surface area (TPSA) is 42.0 Å². The van der Waals surface area contributed by atoms with E-state index in [9.17, 15) is 4.79 Å². The van der Waals surface area contributed by atoms with E-state index in [0.717, 1.165) is 24.1 Å². The lowest BCUT2D eigenvalue weighted by atomic mass is 10.0. The third kappa shape index (κ3) is 3.57. The highest BCUT2D eigenvalue weighted by molar-refractivity contribution is 7.16. The number of anilines is 1. The second-order valence-electron chi connectivity index (χ2n) is 5.79. The molecular weight excluding hydrogens is 336 g/mol. The van der Waals surface area contributed by atoms with E-state index in [0.29, 0.717) is 10.0 Å². The predicted octanol–water partition coefficient (Wildman–Crippen LogP) is 5.69. The summed E-state index contributed by atoms with van der Waals surface area (Å²) in [4.78, 5) is 18.9. The zero-order valence-corrected chi connectivity index (χ0v) is 15.7. The number of carbonyl (C=O) groups is 1. The van der Waals surface area contributed by atoms with Crippen LogP contribution in [0, 0.1) is 13.8 Å². The summed E-state index contributed by atoms with van der Waals surface area (Å²) in [6, 6.07) is 10.1. The fourth-order valence-corrected chi connectivity index (χ4v) is 4.35. The van der Waals surface area contributed by atoms with Crippen molar-refractivity contribution in [3.8, 4) is 11.3 Å². The molecule has 0 saturated carbocycles. The van der Waals surface area contributed by atoms with Gasteiger partial charge < -0.3 is 0 Å². The van der Waals surface area contributed by atoms with Crippen LogP contribution in [0.25, 0.3) is 11.3 Å². The van der Waals surface area contributed by atoms with Crippen molar-refractivity contribution in [1.29, 1.82) is 0 Å². The normalized spacial score (nSPS) is 10.8. The molecular formula is C19H20N2OS2. The first-order valence-electron chi connectivity index (χ1n) is 8.00. The van der Waals surface area contributed by atoms with Crippen LogP contribution in [0.1, 0.15) is 39.0 Å². The van der Waals surface area contributed by atoms with Gasteiger partial charge in [-0.2, -0.15) is 0 Å². The van der Waals surface area contributed by atoms with Crippen LogP contribution in [-0.4, -0.2) is 10.9 Å². The Kier molecular flexibility index (Phi) is 5.11. The van der Waals surface area contributed by atoms with Crippen LogP contribution in [0.15, 0.2) is 35.7 Å². The number of nitrogens with one attached hydrogen (secondary N) is 1. The number of hydrogen-bond acceptors (Lipinski definition) is 4. The summed E-state index contributed by atoms with van der Waals surface area (Å²) in [6.07, 6.45) is 2.02. The minimum Gasteiger partial charge on any atom is -0.297 e. The first-order valence-corrected chi connectivity index (χ1v) is 9.70. The molecule has 3 rings (SSSR count). The number of nitrogens with zero attached hydrogens (tertiary/aromatic N) is 1. The molecule has 3 aromatic rings. The van der Waals surface area contributed by atoms with Crippen molar-refractivity contribution in [2.45, 2.75) is 33.6 Å². The molecule has 0 aliphatic rings. The largest absolute Gasteiger partial charge is 0.297 e.